The molecule has 1 fully saturated rings. The maximum absolute atomic E-state index is 12.5. The fraction of sp³-hybridized carbons (Fsp3) is 0.917. The maximum Gasteiger partial charge on any atom is 0.391 e. The van der Waals surface area contributed by atoms with Crippen LogP contribution in [0.4, 0.5) is 13.2 Å². The lowest BCUT2D eigenvalue weighted by Gasteiger charge is -2.31. The summed E-state index contributed by atoms with van der Waals surface area (Å²) >= 11 is 5.54. The Bertz CT molecular complexity index is 275. The van der Waals surface area contributed by atoms with Crippen LogP contribution in [-0.4, -0.2) is 36.5 Å². The van der Waals surface area contributed by atoms with E-state index in [1.807, 2.05) is 0 Å². The molecule has 1 aliphatic carbocycles. The van der Waals surface area contributed by atoms with Gasteiger partial charge in [0.15, 0.2) is 0 Å². The van der Waals surface area contributed by atoms with Gasteiger partial charge in [-0.3, -0.25) is 4.79 Å². The lowest BCUT2D eigenvalue weighted by molar-refractivity contribution is -0.185. The third kappa shape index (κ3) is 4.34. The Labute approximate surface area is 110 Å². The van der Waals surface area contributed by atoms with Crippen LogP contribution in [-0.2, 0) is 4.79 Å². The minimum Gasteiger partial charge on any atom is -0.345 e. The zero-order valence-electron chi connectivity index (χ0n) is 10.5. The fourth-order valence-corrected chi connectivity index (χ4v) is 2.51. The van der Waals surface area contributed by atoms with Crippen LogP contribution >= 0.6 is 11.6 Å². The van der Waals surface area contributed by atoms with E-state index in [-0.39, 0.29) is 24.7 Å². The number of halogens is 4. The number of rotatable bonds is 4. The zero-order valence-corrected chi connectivity index (χ0v) is 11.2. The van der Waals surface area contributed by atoms with Crippen LogP contribution in [0.1, 0.15) is 32.1 Å². The summed E-state index contributed by atoms with van der Waals surface area (Å²) in [6, 6.07) is 0. The molecular weight excluding hydrogens is 267 g/mol. The van der Waals surface area contributed by atoms with Gasteiger partial charge in [0.1, 0.15) is 0 Å². The Morgan fingerprint density at radius 1 is 1.28 bits per heavy atom. The first-order chi connectivity index (χ1) is 8.36. The number of amides is 1. The van der Waals surface area contributed by atoms with E-state index in [2.05, 4.69) is 0 Å². The van der Waals surface area contributed by atoms with Crippen molar-refractivity contribution in [3.8, 4) is 0 Å². The molecule has 0 heterocycles. The molecule has 0 radical (unpaired) electrons. The highest BCUT2D eigenvalue weighted by Gasteiger charge is 2.42. The highest BCUT2D eigenvalue weighted by atomic mass is 35.5. The number of carbonyl (C=O) groups is 1. The predicted molar refractivity (Wildman–Crippen MR) is 64.5 cm³/mol. The lowest BCUT2D eigenvalue weighted by Crippen LogP contribution is -2.37. The molecule has 18 heavy (non-hydrogen) atoms. The fourth-order valence-electron chi connectivity index (χ4n) is 2.39. The molecular formula is C12H19ClF3NO. The molecule has 0 aliphatic heterocycles. The molecule has 6 heteroatoms. The molecule has 0 aromatic rings. The average Bonchev–Trinajstić information content (AvgIpc) is 2.34. The van der Waals surface area contributed by atoms with Gasteiger partial charge in [0.05, 0.1) is 5.92 Å². The molecule has 106 valence electrons. The smallest absolute Gasteiger partial charge is 0.345 e. The number of hydrogen-bond acceptors (Lipinski definition) is 1. The predicted octanol–water partition coefficient (Wildman–Crippen LogP) is 3.44. The summed E-state index contributed by atoms with van der Waals surface area (Å²) in [4.78, 5) is 13.5. The summed E-state index contributed by atoms with van der Waals surface area (Å²) in [7, 11) is 1.69. The molecule has 0 atom stereocenters. The van der Waals surface area contributed by atoms with Crippen LogP contribution < -0.4 is 0 Å². The molecule has 1 amide bonds. The minimum absolute atomic E-state index is 0.0410. The van der Waals surface area contributed by atoms with Gasteiger partial charge in [-0.15, -0.1) is 11.6 Å². The van der Waals surface area contributed by atoms with Crippen LogP contribution in [0, 0.1) is 11.8 Å². The van der Waals surface area contributed by atoms with E-state index in [0.29, 0.717) is 31.7 Å². The number of carbonyl (C=O) groups excluding carboxylic acids is 1. The first-order valence-corrected chi connectivity index (χ1v) is 6.77. The first kappa shape index (κ1) is 15.6. The van der Waals surface area contributed by atoms with Gasteiger partial charge >= 0.3 is 6.18 Å². The molecule has 1 rings (SSSR count). The molecule has 0 aromatic heterocycles. The van der Waals surface area contributed by atoms with Crippen LogP contribution in [0.2, 0.25) is 0 Å². The van der Waals surface area contributed by atoms with Crippen molar-refractivity contribution in [1.29, 1.82) is 0 Å². The topological polar surface area (TPSA) is 20.3 Å². The minimum atomic E-state index is -4.11. The molecule has 1 aliphatic rings. The van der Waals surface area contributed by atoms with Gasteiger partial charge in [0.2, 0.25) is 5.91 Å². The summed E-state index contributed by atoms with van der Waals surface area (Å²) in [5, 5.41) is 0. The second-order valence-corrected chi connectivity index (χ2v) is 5.27. The van der Waals surface area contributed by atoms with Gasteiger partial charge in [-0.2, -0.15) is 13.2 Å². The van der Waals surface area contributed by atoms with Crippen LogP contribution in [0.15, 0.2) is 0 Å². The first-order valence-electron chi connectivity index (χ1n) is 6.24. The van der Waals surface area contributed by atoms with Crippen molar-refractivity contribution in [3.05, 3.63) is 0 Å². The Kier molecular flexibility index (Phi) is 5.76. The zero-order chi connectivity index (χ0) is 13.8. The third-order valence-corrected chi connectivity index (χ3v) is 3.81. The number of alkyl halides is 4. The van der Waals surface area contributed by atoms with Crippen molar-refractivity contribution >= 4 is 17.5 Å². The largest absolute Gasteiger partial charge is 0.391 e. The maximum atomic E-state index is 12.5. The van der Waals surface area contributed by atoms with Gasteiger partial charge in [0.25, 0.3) is 0 Å². The second-order valence-electron chi connectivity index (χ2n) is 4.89. The Morgan fingerprint density at radius 3 is 2.28 bits per heavy atom. The molecule has 0 spiro atoms. The van der Waals surface area contributed by atoms with E-state index in [1.54, 1.807) is 11.9 Å². The SMILES string of the molecule is CN(CCCCl)C(=O)C1CCC(C(F)(F)F)CC1. The number of hydrogen-bond donors (Lipinski definition) is 0. The van der Waals surface area contributed by atoms with Crippen LogP contribution in [0.3, 0.4) is 0 Å². The summed E-state index contributed by atoms with van der Waals surface area (Å²) in [5.41, 5.74) is 0. The molecule has 0 aromatic carbocycles. The average molecular weight is 286 g/mol. The van der Waals surface area contributed by atoms with Gasteiger partial charge in [-0.25, -0.2) is 0 Å². The van der Waals surface area contributed by atoms with Crippen molar-refractivity contribution in [1.82, 2.24) is 4.90 Å². The normalized spacial score (nSPS) is 24.9. The third-order valence-electron chi connectivity index (χ3n) is 3.54. The highest BCUT2D eigenvalue weighted by Crippen LogP contribution is 2.39. The van der Waals surface area contributed by atoms with Crippen LogP contribution in [0.5, 0.6) is 0 Å². The molecule has 0 saturated heterocycles. The Hall–Kier alpha value is -0.450. The molecule has 1 saturated carbocycles. The van der Waals surface area contributed by atoms with Crippen molar-refractivity contribution in [3.63, 3.8) is 0 Å². The van der Waals surface area contributed by atoms with Gasteiger partial charge in [-0.1, -0.05) is 0 Å². The monoisotopic (exact) mass is 285 g/mol. The van der Waals surface area contributed by atoms with Gasteiger partial charge < -0.3 is 4.90 Å². The van der Waals surface area contributed by atoms with Crippen LogP contribution in [0.25, 0.3) is 0 Å². The van der Waals surface area contributed by atoms with E-state index in [4.69, 9.17) is 11.6 Å². The summed E-state index contributed by atoms with van der Waals surface area (Å²) < 4.78 is 37.5. The Balaban J connectivity index is 2.40. The molecule has 0 bridgehead atoms. The summed E-state index contributed by atoms with van der Waals surface area (Å²) in [6.45, 7) is 0.571. The van der Waals surface area contributed by atoms with Gasteiger partial charge in [0, 0.05) is 25.4 Å². The molecule has 0 N–H and O–H groups in total. The van der Waals surface area contributed by atoms with Gasteiger partial charge in [-0.05, 0) is 32.1 Å². The quantitative estimate of drug-likeness (QED) is 0.725. The Morgan fingerprint density at radius 2 is 1.83 bits per heavy atom. The standard InChI is InChI=1S/C12H19ClF3NO/c1-17(8-2-7-13)11(18)9-3-5-10(6-4-9)12(14,15)16/h9-10H,2-8H2,1H3. The summed E-state index contributed by atoms with van der Waals surface area (Å²) in [6.07, 6.45) is -2.57. The van der Waals surface area contributed by atoms with E-state index < -0.39 is 12.1 Å². The van der Waals surface area contributed by atoms with Crippen molar-refractivity contribution in [2.45, 2.75) is 38.3 Å². The van der Waals surface area contributed by atoms with Crippen molar-refractivity contribution in [2.75, 3.05) is 19.5 Å². The van der Waals surface area contributed by atoms with E-state index in [0.717, 1.165) is 0 Å². The van der Waals surface area contributed by atoms with E-state index in [1.165, 1.54) is 0 Å². The van der Waals surface area contributed by atoms with E-state index >= 15 is 0 Å². The highest BCUT2D eigenvalue weighted by molar-refractivity contribution is 6.17. The van der Waals surface area contributed by atoms with Crippen molar-refractivity contribution < 1.29 is 18.0 Å². The van der Waals surface area contributed by atoms with E-state index in [9.17, 15) is 18.0 Å². The number of nitrogens with zero attached hydrogens (tertiary/aromatic N) is 1. The summed E-state index contributed by atoms with van der Waals surface area (Å²) in [5.74, 6) is -1.03. The van der Waals surface area contributed by atoms with Crippen molar-refractivity contribution in [2.24, 2.45) is 11.8 Å². The molecule has 0 unspecified atom stereocenters. The second kappa shape index (κ2) is 6.64. The molecule has 2 nitrogen and oxygen atoms in total. The lowest BCUT2D eigenvalue weighted by atomic mass is 9.81.